The topological polar surface area (TPSA) is 58.6 Å². The van der Waals surface area contributed by atoms with Crippen LogP contribution in [-0.4, -0.2) is 25.2 Å². The summed E-state index contributed by atoms with van der Waals surface area (Å²) in [6.45, 7) is 0.898. The van der Waals surface area contributed by atoms with E-state index in [9.17, 15) is 9.59 Å². The van der Waals surface area contributed by atoms with Gasteiger partial charge in [-0.2, -0.15) is 0 Å². The molecule has 1 saturated heterocycles. The van der Waals surface area contributed by atoms with Crippen molar-refractivity contribution in [2.24, 2.45) is 0 Å². The predicted octanol–water partition coefficient (Wildman–Crippen LogP) is 5.70. The molecule has 0 bridgehead atoms. The number of halogens is 1. The summed E-state index contributed by atoms with van der Waals surface area (Å²) in [5, 5.41) is 3.59. The van der Waals surface area contributed by atoms with Crippen LogP contribution >= 0.6 is 23.4 Å². The van der Waals surface area contributed by atoms with Crippen LogP contribution < -0.4 is 10.2 Å². The number of amides is 2. The molecule has 1 aliphatic heterocycles. The largest absolute Gasteiger partial charge is 0.447 e. The van der Waals surface area contributed by atoms with Crippen LogP contribution in [0, 0.1) is 0 Å². The highest BCUT2D eigenvalue weighted by atomic mass is 35.5. The number of hydrogen-bond acceptors (Lipinski definition) is 4. The van der Waals surface area contributed by atoms with Gasteiger partial charge in [-0.15, -0.1) is 0 Å². The smallest absolute Gasteiger partial charge is 0.414 e. The first-order valence-electron chi connectivity index (χ1n) is 8.98. The zero-order valence-electron chi connectivity index (χ0n) is 15.3. The van der Waals surface area contributed by atoms with E-state index >= 15 is 0 Å². The van der Waals surface area contributed by atoms with Gasteiger partial charge >= 0.3 is 6.09 Å². The second-order valence-electron chi connectivity index (χ2n) is 6.32. The van der Waals surface area contributed by atoms with E-state index in [-0.39, 0.29) is 12.0 Å². The molecule has 0 atom stereocenters. The number of carbonyl (C=O) groups excluding carboxylic acids is 2. The molecular weight excluding hydrogens is 408 g/mol. The number of ether oxygens (including phenoxy) is 1. The maximum absolute atomic E-state index is 12.5. The number of cyclic esters (lactones) is 1. The Morgan fingerprint density at radius 1 is 1.00 bits per heavy atom. The minimum absolute atomic E-state index is 0.216. The van der Waals surface area contributed by atoms with Gasteiger partial charge in [0, 0.05) is 26.7 Å². The highest BCUT2D eigenvalue weighted by molar-refractivity contribution is 7.99. The fourth-order valence-electron chi connectivity index (χ4n) is 2.88. The molecule has 1 N–H and O–H groups in total. The van der Waals surface area contributed by atoms with Gasteiger partial charge in [0.2, 0.25) is 0 Å². The number of nitrogens with zero attached hydrogens (tertiary/aromatic N) is 1. The Balaban J connectivity index is 1.39. The zero-order valence-corrected chi connectivity index (χ0v) is 16.9. The fourth-order valence-corrected chi connectivity index (χ4v) is 3.97. The van der Waals surface area contributed by atoms with E-state index in [1.807, 2.05) is 48.5 Å². The quantitative estimate of drug-likeness (QED) is 0.570. The number of anilines is 2. The van der Waals surface area contributed by atoms with Crippen molar-refractivity contribution in [1.29, 1.82) is 0 Å². The van der Waals surface area contributed by atoms with E-state index < -0.39 is 0 Å². The van der Waals surface area contributed by atoms with E-state index in [0.29, 0.717) is 35.1 Å². The van der Waals surface area contributed by atoms with E-state index in [2.05, 4.69) is 5.32 Å². The summed E-state index contributed by atoms with van der Waals surface area (Å²) in [4.78, 5) is 27.6. The van der Waals surface area contributed by atoms with Crippen LogP contribution in [0.1, 0.15) is 10.4 Å². The Labute approximate surface area is 177 Å². The molecule has 0 aliphatic carbocycles. The van der Waals surface area contributed by atoms with Crippen molar-refractivity contribution in [3.8, 4) is 0 Å². The van der Waals surface area contributed by atoms with E-state index in [1.165, 1.54) is 4.90 Å². The molecule has 3 aromatic carbocycles. The molecule has 146 valence electrons. The Morgan fingerprint density at radius 3 is 2.38 bits per heavy atom. The number of rotatable bonds is 5. The average molecular weight is 425 g/mol. The molecule has 3 aromatic rings. The van der Waals surface area contributed by atoms with E-state index in [0.717, 1.165) is 9.79 Å². The second-order valence-corrected chi connectivity index (χ2v) is 7.85. The number of carbonyl (C=O) groups is 2. The standard InChI is InChI=1S/C22H17ClN2O3S/c23-19-3-1-2-4-20(19)29-18-11-7-16(8-12-18)24-21(26)15-5-9-17(10-6-15)25-13-14-28-22(25)27/h1-12H,13-14H2,(H,24,26). The van der Waals surface area contributed by atoms with Crippen LogP contribution in [0.25, 0.3) is 0 Å². The first-order chi connectivity index (χ1) is 14.1. The van der Waals surface area contributed by atoms with Crippen molar-refractivity contribution in [2.75, 3.05) is 23.4 Å². The third kappa shape index (κ3) is 4.55. The summed E-state index contributed by atoms with van der Waals surface area (Å²) < 4.78 is 4.93. The van der Waals surface area contributed by atoms with Crippen molar-refractivity contribution in [1.82, 2.24) is 0 Å². The zero-order chi connectivity index (χ0) is 20.2. The number of nitrogens with one attached hydrogen (secondary N) is 1. The lowest BCUT2D eigenvalue weighted by Gasteiger charge is -2.13. The Kier molecular flexibility index (Phi) is 5.74. The second kappa shape index (κ2) is 8.59. The van der Waals surface area contributed by atoms with Crippen LogP contribution in [0.2, 0.25) is 5.02 Å². The Hall–Kier alpha value is -2.96. The molecule has 0 spiro atoms. The monoisotopic (exact) mass is 424 g/mol. The van der Waals surface area contributed by atoms with Gasteiger partial charge in [-0.05, 0) is 60.7 Å². The summed E-state index contributed by atoms with van der Waals surface area (Å²) in [7, 11) is 0. The lowest BCUT2D eigenvalue weighted by atomic mass is 10.1. The summed E-state index contributed by atoms with van der Waals surface area (Å²) >= 11 is 7.76. The van der Waals surface area contributed by atoms with Gasteiger partial charge in [-0.1, -0.05) is 35.5 Å². The summed E-state index contributed by atoms with van der Waals surface area (Å²) in [5.41, 5.74) is 1.92. The molecule has 1 aliphatic rings. The van der Waals surface area contributed by atoms with Gasteiger partial charge in [-0.3, -0.25) is 9.69 Å². The van der Waals surface area contributed by atoms with Gasteiger partial charge in [-0.25, -0.2) is 4.79 Å². The van der Waals surface area contributed by atoms with Gasteiger partial charge < -0.3 is 10.1 Å². The lowest BCUT2D eigenvalue weighted by Crippen LogP contribution is -2.23. The van der Waals surface area contributed by atoms with E-state index in [4.69, 9.17) is 16.3 Å². The van der Waals surface area contributed by atoms with Crippen LogP contribution in [0.4, 0.5) is 16.2 Å². The third-order valence-electron chi connectivity index (χ3n) is 4.38. The molecule has 0 saturated carbocycles. The fraction of sp³-hybridized carbons (Fsp3) is 0.0909. The minimum Gasteiger partial charge on any atom is -0.447 e. The molecule has 29 heavy (non-hydrogen) atoms. The maximum Gasteiger partial charge on any atom is 0.414 e. The molecule has 1 fully saturated rings. The Morgan fingerprint density at radius 2 is 1.72 bits per heavy atom. The van der Waals surface area contributed by atoms with E-state index in [1.54, 1.807) is 36.0 Å². The molecule has 7 heteroatoms. The average Bonchev–Trinajstić information content (AvgIpc) is 3.17. The van der Waals surface area contributed by atoms with Gasteiger partial charge in [0.05, 0.1) is 11.6 Å². The SMILES string of the molecule is O=C(Nc1ccc(Sc2ccccc2Cl)cc1)c1ccc(N2CCOC2=O)cc1. The van der Waals surface area contributed by atoms with Crippen LogP contribution in [0.3, 0.4) is 0 Å². The minimum atomic E-state index is -0.364. The number of benzene rings is 3. The van der Waals surface area contributed by atoms with Gasteiger partial charge in [0.25, 0.3) is 5.91 Å². The molecule has 0 aromatic heterocycles. The van der Waals surface area contributed by atoms with Crippen LogP contribution in [0.5, 0.6) is 0 Å². The van der Waals surface area contributed by atoms with Crippen LogP contribution in [-0.2, 0) is 4.74 Å². The van der Waals surface area contributed by atoms with Crippen molar-refractivity contribution in [3.63, 3.8) is 0 Å². The molecule has 1 heterocycles. The summed E-state index contributed by atoms with van der Waals surface area (Å²) in [6, 6.07) is 22.1. The molecule has 0 unspecified atom stereocenters. The van der Waals surface area contributed by atoms with Crippen molar-refractivity contribution in [3.05, 3.63) is 83.4 Å². The Bertz CT molecular complexity index is 1040. The molecule has 5 nitrogen and oxygen atoms in total. The van der Waals surface area contributed by atoms with Gasteiger partial charge in [0.15, 0.2) is 0 Å². The highest BCUT2D eigenvalue weighted by Gasteiger charge is 2.23. The first kappa shape index (κ1) is 19.4. The van der Waals surface area contributed by atoms with Crippen molar-refractivity contribution in [2.45, 2.75) is 9.79 Å². The molecule has 2 amide bonds. The number of hydrogen-bond donors (Lipinski definition) is 1. The van der Waals surface area contributed by atoms with Crippen molar-refractivity contribution < 1.29 is 14.3 Å². The maximum atomic E-state index is 12.5. The van der Waals surface area contributed by atoms with Gasteiger partial charge in [0.1, 0.15) is 6.61 Å². The lowest BCUT2D eigenvalue weighted by molar-refractivity contribution is 0.102. The van der Waals surface area contributed by atoms with Crippen LogP contribution in [0.15, 0.2) is 82.6 Å². The summed E-state index contributed by atoms with van der Waals surface area (Å²) in [6.07, 6.45) is -0.364. The predicted molar refractivity (Wildman–Crippen MR) is 115 cm³/mol. The molecule has 4 rings (SSSR count). The summed E-state index contributed by atoms with van der Waals surface area (Å²) in [5.74, 6) is -0.216. The highest BCUT2D eigenvalue weighted by Crippen LogP contribution is 2.33. The normalized spacial score (nSPS) is 13.3. The van der Waals surface area contributed by atoms with Crippen molar-refractivity contribution >= 4 is 46.7 Å². The third-order valence-corrected chi connectivity index (χ3v) is 5.90. The first-order valence-corrected chi connectivity index (χ1v) is 10.2. The molecular formula is C22H17ClN2O3S. The molecule has 0 radical (unpaired) electrons.